The number of hydrogen-bond donors (Lipinski definition) is 3. The molecule has 0 bridgehead atoms. The zero-order chi connectivity index (χ0) is 37.4. The van der Waals surface area contributed by atoms with Gasteiger partial charge in [0.05, 0.1) is 11.7 Å². The number of ether oxygens (including phenoxy) is 1. The molecule has 9 nitrogen and oxygen atoms in total. The minimum Gasteiger partial charge on any atom is -0.393 e. The average Bonchev–Trinajstić information content (AvgIpc) is 3.57. The third-order valence-electron chi connectivity index (χ3n) is 12.2. The average molecular weight is 708 g/mol. The highest BCUT2D eigenvalue weighted by Crippen LogP contribution is 2.60. The summed E-state index contributed by atoms with van der Waals surface area (Å²) in [7, 11) is 0. The Hall–Kier alpha value is -3.04. The molecule has 51 heavy (non-hydrogen) atoms. The summed E-state index contributed by atoms with van der Waals surface area (Å²) in [5.74, 6) is 0.974. The topological polar surface area (TPSA) is 125 Å². The maximum atomic E-state index is 12.8. The Labute approximate surface area is 306 Å². The molecule has 0 aromatic carbocycles. The highest BCUT2D eigenvalue weighted by molar-refractivity contribution is 6.13. The molecule has 4 aliphatic rings. The van der Waals surface area contributed by atoms with Crippen molar-refractivity contribution in [1.82, 2.24) is 15.5 Å². The Morgan fingerprint density at radius 1 is 1.06 bits per heavy atom. The molecule has 0 saturated heterocycles. The van der Waals surface area contributed by atoms with E-state index in [1.807, 2.05) is 27.7 Å². The fraction of sp³-hybridized carbons (Fsp3) is 0.714. The first kappa shape index (κ1) is 40.7. The number of carbonyl (C=O) groups is 4. The first-order valence-electron chi connectivity index (χ1n) is 19.5. The molecular formula is C42H65N3O6. The Morgan fingerprint density at radius 3 is 2.51 bits per heavy atom. The fourth-order valence-electron chi connectivity index (χ4n) is 9.01. The molecule has 5 atom stereocenters. The van der Waals surface area contributed by atoms with Crippen molar-refractivity contribution in [3.05, 3.63) is 47.6 Å². The van der Waals surface area contributed by atoms with E-state index in [1.54, 1.807) is 5.57 Å². The molecule has 0 unspecified atom stereocenters. The molecule has 3 fully saturated rings. The summed E-state index contributed by atoms with van der Waals surface area (Å²) in [4.78, 5) is 49.7. The second-order valence-corrected chi connectivity index (χ2v) is 17.2. The van der Waals surface area contributed by atoms with E-state index in [-0.39, 0.29) is 42.7 Å². The smallest absolute Gasteiger partial charge is 0.253 e. The largest absolute Gasteiger partial charge is 0.393 e. The second-order valence-electron chi connectivity index (χ2n) is 17.2. The fourth-order valence-corrected chi connectivity index (χ4v) is 9.01. The van der Waals surface area contributed by atoms with Crippen LogP contribution < -0.4 is 10.6 Å². The van der Waals surface area contributed by atoms with E-state index in [9.17, 15) is 24.3 Å². The van der Waals surface area contributed by atoms with Gasteiger partial charge in [0.15, 0.2) is 0 Å². The van der Waals surface area contributed by atoms with Gasteiger partial charge in [-0.3, -0.25) is 24.1 Å². The molecule has 0 radical (unpaired) electrons. The lowest BCUT2D eigenvalue weighted by Crippen LogP contribution is -2.46. The van der Waals surface area contributed by atoms with E-state index in [1.165, 1.54) is 55.4 Å². The van der Waals surface area contributed by atoms with Gasteiger partial charge in [0, 0.05) is 50.2 Å². The summed E-state index contributed by atoms with van der Waals surface area (Å²) in [5.41, 5.74) is 3.34. The summed E-state index contributed by atoms with van der Waals surface area (Å²) >= 11 is 0. The molecule has 4 amide bonds. The van der Waals surface area contributed by atoms with Crippen LogP contribution in [0.4, 0.5) is 0 Å². The van der Waals surface area contributed by atoms with Crippen LogP contribution in [0.5, 0.6) is 0 Å². The summed E-state index contributed by atoms with van der Waals surface area (Å²) in [5, 5.41) is 16.2. The third-order valence-corrected chi connectivity index (χ3v) is 12.2. The minimum absolute atomic E-state index is 0.0515. The summed E-state index contributed by atoms with van der Waals surface area (Å²) in [6, 6.07) is 0. The number of aliphatic hydroxyl groups excluding tert-OH is 1. The van der Waals surface area contributed by atoms with Crippen molar-refractivity contribution < 1.29 is 29.0 Å². The molecule has 284 valence electrons. The first-order chi connectivity index (χ1) is 24.0. The number of amides is 4. The van der Waals surface area contributed by atoms with E-state index < -0.39 is 11.1 Å². The van der Waals surface area contributed by atoms with Gasteiger partial charge < -0.3 is 20.5 Å². The first-order valence-corrected chi connectivity index (χ1v) is 19.5. The van der Waals surface area contributed by atoms with Crippen molar-refractivity contribution in [1.29, 1.82) is 0 Å². The number of aliphatic hydroxyl groups is 1. The molecule has 1 aliphatic heterocycles. The predicted molar refractivity (Wildman–Crippen MR) is 201 cm³/mol. The number of hydrogen-bond acceptors (Lipinski definition) is 6. The van der Waals surface area contributed by atoms with Crippen LogP contribution >= 0.6 is 0 Å². The number of fused-ring (bicyclic) bond motifs is 1. The predicted octanol–water partition coefficient (Wildman–Crippen LogP) is 6.86. The van der Waals surface area contributed by atoms with Crippen LogP contribution in [0.25, 0.3) is 0 Å². The minimum atomic E-state index is -0.518. The molecule has 1 heterocycles. The van der Waals surface area contributed by atoms with Crippen LogP contribution in [0.15, 0.2) is 47.6 Å². The number of allylic oxidation sites excluding steroid dienone is 4. The lowest BCUT2D eigenvalue weighted by atomic mass is 9.60. The molecule has 3 N–H and O–H groups in total. The van der Waals surface area contributed by atoms with Crippen LogP contribution in [0, 0.1) is 23.2 Å². The van der Waals surface area contributed by atoms with Crippen molar-refractivity contribution in [2.75, 3.05) is 19.7 Å². The van der Waals surface area contributed by atoms with Gasteiger partial charge in [-0.25, -0.2) is 0 Å². The lowest BCUT2D eigenvalue weighted by Gasteiger charge is -2.44. The van der Waals surface area contributed by atoms with Crippen LogP contribution in [0.3, 0.4) is 0 Å². The molecule has 9 heteroatoms. The van der Waals surface area contributed by atoms with Crippen molar-refractivity contribution >= 4 is 23.6 Å². The Kier molecular flexibility index (Phi) is 14.1. The van der Waals surface area contributed by atoms with Gasteiger partial charge in [0.25, 0.3) is 11.8 Å². The number of rotatable bonds is 17. The molecule has 3 saturated carbocycles. The van der Waals surface area contributed by atoms with E-state index in [2.05, 4.69) is 43.2 Å². The quantitative estimate of drug-likeness (QED) is 0.142. The Bertz CT molecular complexity index is 1370. The summed E-state index contributed by atoms with van der Waals surface area (Å²) in [6.07, 6.45) is 19.3. The number of carbonyl (C=O) groups excluding carboxylic acids is 4. The zero-order valence-electron chi connectivity index (χ0n) is 32.3. The van der Waals surface area contributed by atoms with Crippen LogP contribution in [-0.2, 0) is 23.9 Å². The third kappa shape index (κ3) is 11.5. The molecule has 3 aliphatic carbocycles. The molecular weight excluding hydrogens is 642 g/mol. The standard InChI is InChI=1S/C42H65N3O6/c1-29-13-16-33(46)28-32(29)15-14-31-11-9-22-42(7)34(17-18-35(31)42)30(2)10-8-12-36(47)43-25-23-41(5,6)51-27-24-40(3,4)44-37(48)21-26-45-38(49)19-20-39(45)50/h14-15,19-20,30,33-35,46H,1,8-13,16-18,21-28H2,2-7H3,(H,43,47)(H,44,48)/b31-14+,32-15-/t30-,33+,34-,35+,42-/m1/s1. The Balaban J connectivity index is 1.12. The van der Waals surface area contributed by atoms with Crippen molar-refractivity contribution in [2.24, 2.45) is 23.2 Å². The van der Waals surface area contributed by atoms with Gasteiger partial charge in [-0.05, 0) is 133 Å². The van der Waals surface area contributed by atoms with Crippen molar-refractivity contribution in [3.63, 3.8) is 0 Å². The SMILES string of the molecule is C=C1CC[C@H](O)C/C1=C/C=C1\CCC[C@]2(C)[C@@H]([C@H](C)CCCC(=O)NCCC(C)(C)OCCC(C)(C)NC(=O)CCN3C(=O)C=CC3=O)CC[C@@H]12. The van der Waals surface area contributed by atoms with E-state index in [0.717, 1.165) is 37.0 Å². The second kappa shape index (κ2) is 17.7. The summed E-state index contributed by atoms with van der Waals surface area (Å²) < 4.78 is 6.15. The normalized spacial score (nSPS) is 27.7. The lowest BCUT2D eigenvalue weighted by molar-refractivity contribution is -0.137. The maximum Gasteiger partial charge on any atom is 0.253 e. The molecule has 4 rings (SSSR count). The van der Waals surface area contributed by atoms with Crippen LogP contribution in [0.2, 0.25) is 0 Å². The van der Waals surface area contributed by atoms with Crippen LogP contribution in [-0.4, -0.2) is 70.6 Å². The van der Waals surface area contributed by atoms with E-state index >= 15 is 0 Å². The van der Waals surface area contributed by atoms with Crippen molar-refractivity contribution in [3.8, 4) is 0 Å². The van der Waals surface area contributed by atoms with Gasteiger partial charge in [0.2, 0.25) is 11.8 Å². The van der Waals surface area contributed by atoms with E-state index in [0.29, 0.717) is 55.6 Å². The highest BCUT2D eigenvalue weighted by Gasteiger charge is 2.50. The number of imide groups is 1. The number of nitrogens with one attached hydrogen (secondary N) is 2. The Morgan fingerprint density at radius 2 is 1.78 bits per heavy atom. The molecule has 0 aromatic rings. The molecule has 0 aromatic heterocycles. The van der Waals surface area contributed by atoms with Gasteiger partial charge >= 0.3 is 0 Å². The van der Waals surface area contributed by atoms with E-state index in [4.69, 9.17) is 4.74 Å². The van der Waals surface area contributed by atoms with Gasteiger partial charge in [0.1, 0.15) is 0 Å². The van der Waals surface area contributed by atoms with Gasteiger partial charge in [-0.1, -0.05) is 43.7 Å². The zero-order valence-corrected chi connectivity index (χ0v) is 32.3. The highest BCUT2D eigenvalue weighted by atomic mass is 16.5. The van der Waals surface area contributed by atoms with Crippen molar-refractivity contribution in [2.45, 2.75) is 149 Å². The monoisotopic (exact) mass is 707 g/mol. The number of nitrogens with zero attached hydrogens (tertiary/aromatic N) is 1. The maximum absolute atomic E-state index is 12.8. The van der Waals surface area contributed by atoms with Gasteiger partial charge in [-0.2, -0.15) is 0 Å². The summed E-state index contributed by atoms with van der Waals surface area (Å²) in [6.45, 7) is 18.1. The molecule has 0 spiro atoms. The van der Waals surface area contributed by atoms with Crippen LogP contribution in [0.1, 0.15) is 131 Å². The van der Waals surface area contributed by atoms with Gasteiger partial charge in [-0.15, -0.1) is 0 Å².